The Morgan fingerprint density at radius 3 is 2.95 bits per heavy atom. The molecule has 0 bridgehead atoms. The number of hydrogen-bond acceptors (Lipinski definition) is 6. The van der Waals surface area contributed by atoms with E-state index in [0.717, 1.165) is 24.4 Å². The Bertz CT molecular complexity index is 613. The van der Waals surface area contributed by atoms with E-state index >= 15 is 0 Å². The lowest BCUT2D eigenvalue weighted by molar-refractivity contribution is 0.00718. The van der Waals surface area contributed by atoms with Crippen molar-refractivity contribution in [1.82, 2.24) is 25.4 Å². The van der Waals surface area contributed by atoms with Crippen LogP contribution in [0, 0.1) is 5.41 Å². The highest BCUT2D eigenvalue weighted by Gasteiger charge is 2.32. The number of aromatic amines is 1. The first kappa shape index (κ1) is 14.2. The van der Waals surface area contributed by atoms with E-state index < -0.39 is 0 Å². The van der Waals surface area contributed by atoms with Crippen LogP contribution in [0.5, 0.6) is 0 Å². The molecule has 0 saturated heterocycles. The molecular weight excluding hydrogens is 270 g/mol. The van der Waals surface area contributed by atoms with Crippen LogP contribution in [-0.4, -0.2) is 27.2 Å². The Kier molecular flexibility index (Phi) is 3.54. The Hall–Kier alpha value is -1.73. The average Bonchev–Trinajstić information content (AvgIpc) is 3.05. The van der Waals surface area contributed by atoms with Crippen LogP contribution in [0.4, 0.5) is 0 Å². The zero-order chi connectivity index (χ0) is 15.0. The molecule has 2 atom stereocenters. The van der Waals surface area contributed by atoms with Crippen LogP contribution in [0.1, 0.15) is 56.0 Å². The Morgan fingerprint density at radius 1 is 1.43 bits per heavy atom. The Labute approximate surface area is 123 Å². The van der Waals surface area contributed by atoms with Gasteiger partial charge in [0.15, 0.2) is 0 Å². The third kappa shape index (κ3) is 2.71. The van der Waals surface area contributed by atoms with Gasteiger partial charge in [0, 0.05) is 20.1 Å². The van der Waals surface area contributed by atoms with Crippen molar-refractivity contribution in [2.45, 2.75) is 45.9 Å². The first-order valence-electron chi connectivity index (χ1n) is 7.10. The summed E-state index contributed by atoms with van der Waals surface area (Å²) in [6.07, 6.45) is 2.27. The minimum atomic E-state index is -0.195. The van der Waals surface area contributed by atoms with Gasteiger partial charge in [-0.25, -0.2) is 4.98 Å². The fourth-order valence-corrected chi connectivity index (χ4v) is 2.69. The number of fused-ring (bicyclic) bond motifs is 1. The molecule has 0 saturated carbocycles. The van der Waals surface area contributed by atoms with Crippen LogP contribution in [0.25, 0.3) is 0 Å². The number of nitrogens with zero attached hydrogens (tertiary/aromatic N) is 3. The predicted octanol–water partition coefficient (Wildman–Crippen LogP) is 1.91. The molecular formula is C14H21N5O2. The van der Waals surface area contributed by atoms with Crippen LogP contribution in [0.2, 0.25) is 0 Å². The quantitative estimate of drug-likeness (QED) is 0.898. The zero-order valence-electron chi connectivity index (χ0n) is 12.8. The molecule has 2 N–H and O–H groups in total. The molecule has 1 aliphatic rings. The van der Waals surface area contributed by atoms with Gasteiger partial charge in [0.1, 0.15) is 6.10 Å². The minimum absolute atomic E-state index is 0.000440. The maximum atomic E-state index is 5.52. The van der Waals surface area contributed by atoms with Gasteiger partial charge in [0.25, 0.3) is 0 Å². The lowest BCUT2D eigenvalue weighted by Crippen LogP contribution is -2.29. The molecule has 0 radical (unpaired) electrons. The van der Waals surface area contributed by atoms with E-state index in [1.165, 1.54) is 0 Å². The van der Waals surface area contributed by atoms with Crippen LogP contribution < -0.4 is 5.32 Å². The Balaban J connectivity index is 1.80. The van der Waals surface area contributed by atoms with Crippen molar-refractivity contribution < 1.29 is 9.26 Å². The maximum Gasteiger partial charge on any atom is 0.244 e. The van der Waals surface area contributed by atoms with Crippen molar-refractivity contribution in [3.63, 3.8) is 0 Å². The van der Waals surface area contributed by atoms with E-state index in [4.69, 9.17) is 9.26 Å². The molecule has 0 aromatic carbocycles. The van der Waals surface area contributed by atoms with Crippen molar-refractivity contribution in [2.75, 3.05) is 7.11 Å². The summed E-state index contributed by atoms with van der Waals surface area (Å²) in [5, 5.41) is 7.47. The highest BCUT2D eigenvalue weighted by atomic mass is 16.5. The molecule has 3 rings (SSSR count). The zero-order valence-corrected chi connectivity index (χ0v) is 12.8. The molecule has 7 heteroatoms. The fourth-order valence-electron chi connectivity index (χ4n) is 2.69. The molecule has 7 nitrogen and oxygen atoms in total. The highest BCUT2D eigenvalue weighted by Crippen LogP contribution is 2.34. The number of methoxy groups -OCH3 is 1. The fraction of sp³-hybridized carbons (Fsp3) is 0.643. The highest BCUT2D eigenvalue weighted by molar-refractivity contribution is 5.17. The first-order chi connectivity index (χ1) is 9.99. The van der Waals surface area contributed by atoms with E-state index in [9.17, 15) is 0 Å². The molecule has 2 unspecified atom stereocenters. The number of ether oxygens (including phenoxy) is 1. The van der Waals surface area contributed by atoms with Crippen molar-refractivity contribution in [2.24, 2.45) is 5.41 Å². The molecule has 3 heterocycles. The maximum absolute atomic E-state index is 5.52. The normalized spacial score (nSPS) is 20.3. The molecule has 0 aliphatic carbocycles. The number of nitrogens with one attached hydrogen (secondary N) is 2. The van der Waals surface area contributed by atoms with Crippen molar-refractivity contribution in [1.29, 1.82) is 0 Å². The van der Waals surface area contributed by atoms with E-state index in [-0.39, 0.29) is 17.6 Å². The molecule has 0 amide bonds. The molecule has 2 aromatic rings. The average molecular weight is 291 g/mol. The lowest BCUT2D eigenvalue weighted by atomic mass is 9.88. The van der Waals surface area contributed by atoms with Crippen LogP contribution >= 0.6 is 0 Å². The summed E-state index contributed by atoms with van der Waals surface area (Å²) in [6.45, 7) is 6.99. The molecule has 21 heavy (non-hydrogen) atoms. The number of hydrogen-bond donors (Lipinski definition) is 2. The summed E-state index contributed by atoms with van der Waals surface area (Å²) in [5.41, 5.74) is 2.08. The number of rotatable bonds is 3. The number of H-pyrrole nitrogens is 1. The van der Waals surface area contributed by atoms with Gasteiger partial charge in [0.2, 0.25) is 11.7 Å². The van der Waals surface area contributed by atoms with Crippen LogP contribution in [0.3, 0.4) is 0 Å². The summed E-state index contributed by atoms with van der Waals surface area (Å²) in [6, 6.07) is -0.000440. The second-order valence-electron chi connectivity index (χ2n) is 6.44. The molecule has 0 fully saturated rings. The standard InChI is InChI=1S/C14H21N5O2/c1-14(2,3)11(20-4)12-18-13(21-19-12)9-5-8-10(6-15-9)17-7-16-8/h7,9,11,15H,5-6H2,1-4H3,(H,16,17). The predicted molar refractivity (Wildman–Crippen MR) is 75.4 cm³/mol. The van der Waals surface area contributed by atoms with E-state index in [1.54, 1.807) is 13.4 Å². The van der Waals surface area contributed by atoms with Gasteiger partial charge in [-0.2, -0.15) is 4.98 Å². The smallest absolute Gasteiger partial charge is 0.244 e. The summed E-state index contributed by atoms with van der Waals surface area (Å²) in [5.74, 6) is 1.18. The second kappa shape index (κ2) is 5.23. The molecule has 0 spiro atoms. The van der Waals surface area contributed by atoms with Gasteiger partial charge in [-0.15, -0.1) is 0 Å². The Morgan fingerprint density at radius 2 is 2.24 bits per heavy atom. The van der Waals surface area contributed by atoms with Crippen molar-refractivity contribution in [3.05, 3.63) is 29.4 Å². The van der Waals surface area contributed by atoms with Crippen LogP contribution in [0.15, 0.2) is 10.9 Å². The topological polar surface area (TPSA) is 88.9 Å². The third-order valence-corrected chi connectivity index (χ3v) is 3.74. The first-order valence-corrected chi connectivity index (χ1v) is 7.10. The summed E-state index contributed by atoms with van der Waals surface area (Å²) in [4.78, 5) is 12.0. The van der Waals surface area contributed by atoms with Crippen molar-refractivity contribution >= 4 is 0 Å². The molecule has 1 aliphatic heterocycles. The largest absolute Gasteiger partial charge is 0.373 e. The van der Waals surface area contributed by atoms with Gasteiger partial charge >= 0.3 is 0 Å². The van der Waals surface area contributed by atoms with E-state index in [2.05, 4.69) is 46.2 Å². The summed E-state index contributed by atoms with van der Waals surface area (Å²) in [7, 11) is 1.67. The van der Waals surface area contributed by atoms with Gasteiger partial charge in [-0.05, 0) is 5.41 Å². The van der Waals surface area contributed by atoms with Crippen LogP contribution in [-0.2, 0) is 17.7 Å². The van der Waals surface area contributed by atoms with Gasteiger partial charge in [0.05, 0.1) is 23.8 Å². The molecule has 114 valence electrons. The lowest BCUT2D eigenvalue weighted by Gasteiger charge is -2.26. The monoisotopic (exact) mass is 291 g/mol. The number of imidazole rings is 1. The third-order valence-electron chi connectivity index (χ3n) is 3.74. The SMILES string of the molecule is COC(c1noc(C2Cc3nc[nH]c3CN2)n1)C(C)(C)C. The van der Waals surface area contributed by atoms with Gasteiger partial charge < -0.3 is 14.2 Å². The van der Waals surface area contributed by atoms with E-state index in [1.807, 2.05) is 0 Å². The second-order valence-corrected chi connectivity index (χ2v) is 6.44. The van der Waals surface area contributed by atoms with Gasteiger partial charge in [-0.1, -0.05) is 25.9 Å². The van der Waals surface area contributed by atoms with Crippen molar-refractivity contribution in [3.8, 4) is 0 Å². The summed E-state index contributed by atoms with van der Waals surface area (Å²) < 4.78 is 11.0. The molecule has 2 aromatic heterocycles. The number of aromatic nitrogens is 4. The van der Waals surface area contributed by atoms with E-state index in [0.29, 0.717) is 11.7 Å². The van der Waals surface area contributed by atoms with Gasteiger partial charge in [-0.3, -0.25) is 5.32 Å². The summed E-state index contributed by atoms with van der Waals surface area (Å²) >= 11 is 0. The minimum Gasteiger partial charge on any atom is -0.373 e.